The van der Waals surface area contributed by atoms with Gasteiger partial charge >= 0.3 is 0 Å². The summed E-state index contributed by atoms with van der Waals surface area (Å²) in [5.74, 6) is 5.62. The van der Waals surface area contributed by atoms with Crippen LogP contribution in [0.2, 0.25) is 5.02 Å². The van der Waals surface area contributed by atoms with E-state index in [1.165, 1.54) is 9.75 Å². The molecule has 0 bridgehead atoms. The highest BCUT2D eigenvalue weighted by molar-refractivity contribution is 7.12. The molecule has 5 heteroatoms. The van der Waals surface area contributed by atoms with Gasteiger partial charge in [0, 0.05) is 21.1 Å². The Hall–Kier alpha value is -0.390. The van der Waals surface area contributed by atoms with Gasteiger partial charge in [-0.05, 0) is 30.0 Å². The fraction of sp³-hybridized carbons (Fsp3) is 0.333. The molecule has 0 aliphatic rings. The van der Waals surface area contributed by atoms with Crippen LogP contribution in [-0.2, 0) is 12.8 Å². The first-order chi connectivity index (χ1) is 8.24. The number of hydrazine groups is 1. The molecule has 0 fully saturated rings. The van der Waals surface area contributed by atoms with Crippen molar-refractivity contribution >= 4 is 34.3 Å². The first-order valence-electron chi connectivity index (χ1n) is 5.51. The fourth-order valence-corrected chi connectivity index (χ4v) is 3.96. The molecule has 0 saturated carbocycles. The van der Waals surface area contributed by atoms with Crippen molar-refractivity contribution in [3.8, 4) is 0 Å². The van der Waals surface area contributed by atoms with E-state index < -0.39 is 0 Å². The molecule has 2 heterocycles. The molecule has 2 nitrogen and oxygen atoms in total. The molecule has 1 unspecified atom stereocenters. The molecule has 0 aliphatic heterocycles. The fourth-order valence-electron chi connectivity index (χ4n) is 1.70. The average Bonchev–Trinajstić information content (AvgIpc) is 2.95. The molecule has 3 N–H and O–H groups in total. The minimum Gasteiger partial charge on any atom is -0.271 e. The van der Waals surface area contributed by atoms with Gasteiger partial charge in [0.1, 0.15) is 0 Å². The smallest absolute Gasteiger partial charge is 0.0616 e. The number of rotatable bonds is 5. The molecule has 0 saturated heterocycles. The highest BCUT2D eigenvalue weighted by Gasteiger charge is 2.16. The van der Waals surface area contributed by atoms with E-state index in [0.29, 0.717) is 0 Å². The summed E-state index contributed by atoms with van der Waals surface area (Å²) in [4.78, 5) is 3.86. The number of hydrogen-bond donors (Lipinski definition) is 2. The topological polar surface area (TPSA) is 38.0 Å². The van der Waals surface area contributed by atoms with Gasteiger partial charge in [-0.15, -0.1) is 22.7 Å². The lowest BCUT2D eigenvalue weighted by Gasteiger charge is -2.13. The lowest BCUT2D eigenvalue weighted by molar-refractivity contribution is 0.564. The van der Waals surface area contributed by atoms with Crippen molar-refractivity contribution in [1.29, 1.82) is 0 Å². The number of aryl methyl sites for hydroxylation is 1. The second kappa shape index (κ2) is 5.98. The van der Waals surface area contributed by atoms with Crippen molar-refractivity contribution in [2.75, 3.05) is 0 Å². The highest BCUT2D eigenvalue weighted by Crippen LogP contribution is 2.31. The molecule has 17 heavy (non-hydrogen) atoms. The van der Waals surface area contributed by atoms with Crippen LogP contribution >= 0.6 is 34.3 Å². The van der Waals surface area contributed by atoms with Crippen molar-refractivity contribution in [1.82, 2.24) is 5.43 Å². The van der Waals surface area contributed by atoms with E-state index in [1.807, 2.05) is 22.8 Å². The molecule has 0 spiro atoms. The second-order valence-electron chi connectivity index (χ2n) is 3.78. The molecule has 92 valence electrons. The minimum absolute atomic E-state index is 0.103. The van der Waals surface area contributed by atoms with Gasteiger partial charge in [0.2, 0.25) is 0 Å². The van der Waals surface area contributed by atoms with Crippen LogP contribution in [0.4, 0.5) is 0 Å². The Labute approximate surface area is 114 Å². The van der Waals surface area contributed by atoms with Gasteiger partial charge < -0.3 is 0 Å². The van der Waals surface area contributed by atoms with Crippen molar-refractivity contribution in [3.05, 3.63) is 43.2 Å². The Kier molecular flexibility index (Phi) is 4.59. The Morgan fingerprint density at radius 1 is 1.35 bits per heavy atom. The summed E-state index contributed by atoms with van der Waals surface area (Å²) in [6.45, 7) is 2.17. The number of thiophene rings is 2. The molecule has 1 atom stereocenters. The van der Waals surface area contributed by atoms with Gasteiger partial charge in [0.25, 0.3) is 0 Å². The molecule has 0 aromatic carbocycles. The van der Waals surface area contributed by atoms with Crippen molar-refractivity contribution < 1.29 is 0 Å². The van der Waals surface area contributed by atoms with Gasteiger partial charge in [-0.3, -0.25) is 11.3 Å². The summed E-state index contributed by atoms with van der Waals surface area (Å²) >= 11 is 9.62. The van der Waals surface area contributed by atoms with E-state index in [0.717, 1.165) is 22.7 Å². The van der Waals surface area contributed by atoms with E-state index in [1.54, 1.807) is 11.3 Å². The Balaban J connectivity index is 2.12. The Bertz CT molecular complexity index is 478. The number of hydrogen-bond acceptors (Lipinski definition) is 4. The highest BCUT2D eigenvalue weighted by atomic mass is 35.5. The second-order valence-corrected chi connectivity index (χ2v) is 6.39. The van der Waals surface area contributed by atoms with Gasteiger partial charge in [0.05, 0.1) is 11.1 Å². The minimum atomic E-state index is 0.103. The summed E-state index contributed by atoms with van der Waals surface area (Å²) in [7, 11) is 0. The van der Waals surface area contributed by atoms with E-state index in [2.05, 4.69) is 24.5 Å². The molecule has 0 radical (unpaired) electrons. The maximum absolute atomic E-state index is 6.13. The Morgan fingerprint density at radius 2 is 2.12 bits per heavy atom. The maximum Gasteiger partial charge on any atom is 0.0616 e. The zero-order valence-electron chi connectivity index (χ0n) is 9.57. The summed E-state index contributed by atoms with van der Waals surface area (Å²) < 4.78 is 0. The van der Waals surface area contributed by atoms with Gasteiger partial charge in [-0.1, -0.05) is 18.5 Å². The van der Waals surface area contributed by atoms with E-state index in [-0.39, 0.29) is 6.04 Å². The quantitative estimate of drug-likeness (QED) is 0.648. The Morgan fingerprint density at radius 3 is 2.65 bits per heavy atom. The van der Waals surface area contributed by atoms with E-state index >= 15 is 0 Å². The van der Waals surface area contributed by atoms with Crippen LogP contribution in [0.5, 0.6) is 0 Å². The number of halogens is 1. The van der Waals surface area contributed by atoms with Crippen LogP contribution < -0.4 is 11.3 Å². The summed E-state index contributed by atoms with van der Waals surface area (Å²) in [5, 5.41) is 2.79. The van der Waals surface area contributed by atoms with Gasteiger partial charge in [0.15, 0.2) is 0 Å². The van der Waals surface area contributed by atoms with E-state index in [9.17, 15) is 0 Å². The predicted octanol–water partition coefficient (Wildman–Crippen LogP) is 3.77. The molecule has 2 rings (SSSR count). The molecule has 2 aromatic rings. The monoisotopic (exact) mass is 286 g/mol. The van der Waals surface area contributed by atoms with Gasteiger partial charge in [-0.25, -0.2) is 0 Å². The maximum atomic E-state index is 6.13. The largest absolute Gasteiger partial charge is 0.271 e. The third-order valence-electron chi connectivity index (χ3n) is 2.63. The molecular weight excluding hydrogens is 272 g/mol. The third-order valence-corrected chi connectivity index (χ3v) is 5.36. The molecular formula is C12H15ClN2S2. The van der Waals surface area contributed by atoms with Crippen LogP contribution in [0.3, 0.4) is 0 Å². The average molecular weight is 287 g/mol. The standard InChI is InChI=1S/C12H15ClN2S2/c1-2-8-3-4-9(17-8)7-11(15-14)12-10(13)5-6-16-12/h3-6,11,15H,2,7,14H2,1H3. The van der Waals surface area contributed by atoms with Crippen LogP contribution in [0.25, 0.3) is 0 Å². The third kappa shape index (κ3) is 3.09. The van der Waals surface area contributed by atoms with Crippen LogP contribution in [0.1, 0.15) is 27.6 Å². The van der Waals surface area contributed by atoms with Crippen LogP contribution in [0, 0.1) is 0 Å². The summed E-state index contributed by atoms with van der Waals surface area (Å²) in [6.07, 6.45) is 1.98. The predicted molar refractivity (Wildman–Crippen MR) is 76.8 cm³/mol. The first kappa shape index (κ1) is 13.1. The lowest BCUT2D eigenvalue weighted by Crippen LogP contribution is -2.28. The SMILES string of the molecule is CCc1ccc(CC(NN)c2sccc2Cl)s1. The van der Waals surface area contributed by atoms with Crippen LogP contribution in [-0.4, -0.2) is 0 Å². The lowest BCUT2D eigenvalue weighted by atomic mass is 10.1. The molecule has 0 amide bonds. The first-order valence-corrected chi connectivity index (χ1v) is 7.58. The van der Waals surface area contributed by atoms with Crippen molar-refractivity contribution in [2.24, 2.45) is 5.84 Å². The zero-order chi connectivity index (χ0) is 12.3. The summed E-state index contributed by atoms with van der Waals surface area (Å²) in [5.41, 5.74) is 2.85. The van der Waals surface area contributed by atoms with Crippen LogP contribution in [0.15, 0.2) is 23.6 Å². The normalized spacial score (nSPS) is 12.9. The number of nitrogens with two attached hydrogens (primary N) is 1. The van der Waals surface area contributed by atoms with Crippen molar-refractivity contribution in [2.45, 2.75) is 25.8 Å². The summed E-state index contributed by atoms with van der Waals surface area (Å²) in [6, 6.07) is 6.38. The van der Waals surface area contributed by atoms with E-state index in [4.69, 9.17) is 17.4 Å². The van der Waals surface area contributed by atoms with Crippen molar-refractivity contribution in [3.63, 3.8) is 0 Å². The molecule has 2 aromatic heterocycles. The molecule has 0 aliphatic carbocycles. The number of nitrogens with one attached hydrogen (secondary N) is 1. The van der Waals surface area contributed by atoms with Gasteiger partial charge in [-0.2, -0.15) is 0 Å². The zero-order valence-corrected chi connectivity index (χ0v) is 12.0.